The van der Waals surface area contributed by atoms with Crippen LogP contribution in [0.15, 0.2) is 42.7 Å². The van der Waals surface area contributed by atoms with Crippen LogP contribution in [0.2, 0.25) is 0 Å². The molecule has 0 bridgehead atoms. The van der Waals surface area contributed by atoms with Crippen molar-refractivity contribution in [2.45, 2.75) is 6.42 Å². The molecule has 21 heavy (non-hydrogen) atoms. The molecule has 108 valence electrons. The van der Waals surface area contributed by atoms with E-state index in [2.05, 4.69) is 4.98 Å². The molecule has 2 N–H and O–H groups in total. The minimum Gasteiger partial charge on any atom is -0.493 e. The van der Waals surface area contributed by atoms with Gasteiger partial charge in [-0.3, -0.25) is 19.9 Å². The quantitative estimate of drug-likeness (QED) is 0.642. The van der Waals surface area contributed by atoms with E-state index in [-0.39, 0.29) is 11.3 Å². The third-order valence-electron chi connectivity index (χ3n) is 2.81. The Morgan fingerprint density at radius 2 is 2.19 bits per heavy atom. The van der Waals surface area contributed by atoms with Gasteiger partial charge in [-0.05, 0) is 23.8 Å². The second kappa shape index (κ2) is 6.47. The van der Waals surface area contributed by atoms with Gasteiger partial charge >= 0.3 is 0 Å². The molecule has 0 unspecified atom stereocenters. The van der Waals surface area contributed by atoms with Crippen LogP contribution in [-0.4, -0.2) is 22.4 Å². The van der Waals surface area contributed by atoms with Crippen molar-refractivity contribution in [2.24, 2.45) is 5.73 Å². The summed E-state index contributed by atoms with van der Waals surface area (Å²) in [4.78, 5) is 25.3. The highest BCUT2D eigenvalue weighted by Gasteiger charge is 2.18. The van der Waals surface area contributed by atoms with Crippen molar-refractivity contribution in [1.29, 1.82) is 0 Å². The van der Waals surface area contributed by atoms with Crippen molar-refractivity contribution in [3.8, 4) is 5.75 Å². The molecule has 0 aliphatic rings. The number of benzene rings is 1. The van der Waals surface area contributed by atoms with Crippen LogP contribution in [0, 0.1) is 10.1 Å². The van der Waals surface area contributed by atoms with Gasteiger partial charge in [-0.15, -0.1) is 0 Å². The summed E-state index contributed by atoms with van der Waals surface area (Å²) < 4.78 is 5.48. The Bertz CT molecular complexity index is 659. The molecule has 0 atom stereocenters. The number of hydrogen-bond donors (Lipinski definition) is 1. The number of amides is 1. The number of nitrogens with zero attached hydrogens (tertiary/aromatic N) is 2. The molecular formula is C14H13N3O4. The topological polar surface area (TPSA) is 108 Å². The average Bonchev–Trinajstić information content (AvgIpc) is 2.48. The molecule has 2 rings (SSSR count). The van der Waals surface area contributed by atoms with Gasteiger partial charge in [0, 0.05) is 24.9 Å². The number of nitro benzene ring substituents is 1. The van der Waals surface area contributed by atoms with Crippen LogP contribution in [0.1, 0.15) is 15.9 Å². The lowest BCUT2D eigenvalue weighted by Gasteiger charge is -2.07. The fourth-order valence-electron chi connectivity index (χ4n) is 1.79. The normalized spacial score (nSPS) is 10.1. The average molecular weight is 287 g/mol. The number of aromatic nitrogens is 1. The summed E-state index contributed by atoms with van der Waals surface area (Å²) >= 11 is 0. The molecule has 0 radical (unpaired) electrons. The van der Waals surface area contributed by atoms with E-state index in [1.54, 1.807) is 12.4 Å². The largest absolute Gasteiger partial charge is 0.493 e. The van der Waals surface area contributed by atoms with E-state index in [9.17, 15) is 14.9 Å². The van der Waals surface area contributed by atoms with Gasteiger partial charge in [0.05, 0.1) is 11.5 Å². The SMILES string of the molecule is NC(=O)c1cc(OCCc2cccnc2)ccc1[N+](=O)[O-]. The molecule has 1 aromatic carbocycles. The number of nitro groups is 1. The summed E-state index contributed by atoms with van der Waals surface area (Å²) in [5.74, 6) is -0.502. The summed E-state index contributed by atoms with van der Waals surface area (Å²) in [5, 5.41) is 10.8. The van der Waals surface area contributed by atoms with Gasteiger partial charge in [0.25, 0.3) is 11.6 Å². The minimum atomic E-state index is -0.862. The van der Waals surface area contributed by atoms with Crippen molar-refractivity contribution < 1.29 is 14.5 Å². The van der Waals surface area contributed by atoms with E-state index in [0.29, 0.717) is 18.8 Å². The zero-order valence-electron chi connectivity index (χ0n) is 11.1. The summed E-state index contributed by atoms with van der Waals surface area (Å²) in [5.41, 5.74) is 5.64. The van der Waals surface area contributed by atoms with Crippen molar-refractivity contribution in [1.82, 2.24) is 4.98 Å². The van der Waals surface area contributed by atoms with Gasteiger partial charge in [0.2, 0.25) is 0 Å². The zero-order valence-corrected chi connectivity index (χ0v) is 11.1. The minimum absolute atomic E-state index is 0.168. The number of nitrogens with two attached hydrogens (primary N) is 1. The van der Waals surface area contributed by atoms with Crippen LogP contribution in [0.4, 0.5) is 5.69 Å². The monoisotopic (exact) mass is 287 g/mol. The first kappa shape index (κ1) is 14.4. The lowest BCUT2D eigenvalue weighted by atomic mass is 10.1. The fraction of sp³-hybridized carbons (Fsp3) is 0.143. The van der Waals surface area contributed by atoms with Crippen molar-refractivity contribution in [2.75, 3.05) is 6.61 Å². The Morgan fingerprint density at radius 3 is 2.81 bits per heavy atom. The number of pyridine rings is 1. The summed E-state index contributed by atoms with van der Waals surface area (Å²) in [6.07, 6.45) is 4.05. The first-order chi connectivity index (χ1) is 10.1. The fourth-order valence-corrected chi connectivity index (χ4v) is 1.79. The standard InChI is InChI=1S/C14H13N3O4/c15-14(18)12-8-11(3-4-13(12)17(19)20)21-7-5-10-2-1-6-16-9-10/h1-4,6,8-9H,5,7H2,(H2,15,18). The third kappa shape index (κ3) is 3.75. The van der Waals surface area contributed by atoms with Crippen LogP contribution in [0.3, 0.4) is 0 Å². The lowest BCUT2D eigenvalue weighted by Crippen LogP contribution is -2.13. The van der Waals surface area contributed by atoms with Crippen LogP contribution in [-0.2, 0) is 6.42 Å². The Balaban J connectivity index is 2.05. The first-order valence-electron chi connectivity index (χ1n) is 6.18. The van der Waals surface area contributed by atoms with E-state index in [4.69, 9.17) is 10.5 Å². The van der Waals surface area contributed by atoms with Gasteiger partial charge < -0.3 is 10.5 Å². The summed E-state index contributed by atoms with van der Waals surface area (Å²) in [6, 6.07) is 7.67. The molecule has 7 nitrogen and oxygen atoms in total. The third-order valence-corrected chi connectivity index (χ3v) is 2.81. The van der Waals surface area contributed by atoms with E-state index in [0.717, 1.165) is 5.56 Å². The van der Waals surface area contributed by atoms with E-state index < -0.39 is 10.8 Å². The maximum Gasteiger partial charge on any atom is 0.282 e. The molecule has 0 aliphatic heterocycles. The zero-order chi connectivity index (χ0) is 15.2. The van der Waals surface area contributed by atoms with Crippen LogP contribution < -0.4 is 10.5 Å². The summed E-state index contributed by atoms with van der Waals surface area (Å²) in [6.45, 7) is 0.363. The second-order valence-corrected chi connectivity index (χ2v) is 4.26. The highest BCUT2D eigenvalue weighted by atomic mass is 16.6. The predicted molar refractivity (Wildman–Crippen MR) is 75.1 cm³/mol. The van der Waals surface area contributed by atoms with Crippen LogP contribution in [0.25, 0.3) is 0 Å². The van der Waals surface area contributed by atoms with Gasteiger partial charge in [-0.1, -0.05) is 6.07 Å². The van der Waals surface area contributed by atoms with E-state index in [1.165, 1.54) is 18.2 Å². The maximum absolute atomic E-state index is 11.2. The van der Waals surface area contributed by atoms with Crippen molar-refractivity contribution >= 4 is 11.6 Å². The van der Waals surface area contributed by atoms with E-state index >= 15 is 0 Å². The van der Waals surface area contributed by atoms with Gasteiger partial charge in [0.1, 0.15) is 11.3 Å². The number of hydrogen-bond acceptors (Lipinski definition) is 5. The van der Waals surface area contributed by atoms with Crippen molar-refractivity contribution in [3.05, 3.63) is 64.0 Å². The van der Waals surface area contributed by atoms with Gasteiger partial charge in [-0.25, -0.2) is 0 Å². The molecule has 1 aromatic heterocycles. The second-order valence-electron chi connectivity index (χ2n) is 4.26. The molecule has 0 aliphatic carbocycles. The van der Waals surface area contributed by atoms with Gasteiger partial charge in [0.15, 0.2) is 0 Å². The number of carbonyl (C=O) groups is 1. The molecule has 0 fully saturated rings. The number of primary amides is 1. The van der Waals surface area contributed by atoms with Gasteiger partial charge in [-0.2, -0.15) is 0 Å². The number of carbonyl (C=O) groups excluding carboxylic acids is 1. The Morgan fingerprint density at radius 1 is 1.38 bits per heavy atom. The Labute approximate surface area is 120 Å². The maximum atomic E-state index is 11.2. The number of ether oxygens (including phenoxy) is 1. The summed E-state index contributed by atoms with van der Waals surface area (Å²) in [7, 11) is 0. The molecule has 1 heterocycles. The smallest absolute Gasteiger partial charge is 0.282 e. The lowest BCUT2D eigenvalue weighted by molar-refractivity contribution is -0.385. The first-order valence-corrected chi connectivity index (χ1v) is 6.18. The van der Waals surface area contributed by atoms with Crippen molar-refractivity contribution in [3.63, 3.8) is 0 Å². The molecule has 1 amide bonds. The number of rotatable bonds is 6. The Kier molecular flexibility index (Phi) is 4.45. The molecule has 0 saturated heterocycles. The molecule has 0 spiro atoms. The Hall–Kier alpha value is -2.96. The molecular weight excluding hydrogens is 274 g/mol. The highest BCUT2D eigenvalue weighted by Crippen LogP contribution is 2.23. The highest BCUT2D eigenvalue weighted by molar-refractivity contribution is 5.97. The van der Waals surface area contributed by atoms with Crippen LogP contribution >= 0.6 is 0 Å². The predicted octanol–water partition coefficient (Wildman–Crippen LogP) is 1.71. The van der Waals surface area contributed by atoms with E-state index in [1.807, 2.05) is 12.1 Å². The molecule has 7 heteroatoms. The molecule has 0 saturated carbocycles. The van der Waals surface area contributed by atoms with Crippen LogP contribution in [0.5, 0.6) is 5.75 Å². The molecule has 2 aromatic rings.